The number of fused-ring (bicyclic) bond motifs is 1. The molecule has 1 fully saturated rings. The number of ether oxygens (including phenoxy) is 2. The SMILES string of the molecule is Cc1cc(=O)oc2cc(OCC(=O)O[C@@H](C(=O)NC3CC3)c3ccccc3)ccc12. The molecule has 1 N–H and O–H groups in total. The Hall–Kier alpha value is -3.61. The monoisotopic (exact) mass is 407 g/mol. The van der Waals surface area contributed by atoms with Crippen LogP contribution in [0.4, 0.5) is 0 Å². The molecular weight excluding hydrogens is 386 g/mol. The molecule has 0 saturated heterocycles. The lowest BCUT2D eigenvalue weighted by Crippen LogP contribution is -2.34. The van der Waals surface area contributed by atoms with Crippen LogP contribution in [0.5, 0.6) is 5.75 Å². The molecule has 154 valence electrons. The van der Waals surface area contributed by atoms with Crippen molar-refractivity contribution in [2.45, 2.75) is 31.9 Å². The molecule has 1 aromatic heterocycles. The lowest BCUT2D eigenvalue weighted by atomic mass is 10.1. The number of esters is 1. The van der Waals surface area contributed by atoms with E-state index in [1.165, 1.54) is 6.07 Å². The largest absolute Gasteiger partial charge is 0.482 e. The van der Waals surface area contributed by atoms with Crippen molar-refractivity contribution >= 4 is 22.8 Å². The van der Waals surface area contributed by atoms with Crippen molar-refractivity contribution in [2.75, 3.05) is 6.61 Å². The predicted molar refractivity (Wildman–Crippen MR) is 109 cm³/mol. The summed E-state index contributed by atoms with van der Waals surface area (Å²) in [6, 6.07) is 15.4. The second kappa shape index (κ2) is 8.41. The van der Waals surface area contributed by atoms with Gasteiger partial charge in [-0.3, -0.25) is 4.79 Å². The molecule has 0 unspecified atom stereocenters. The summed E-state index contributed by atoms with van der Waals surface area (Å²) in [5.74, 6) is -0.674. The van der Waals surface area contributed by atoms with Gasteiger partial charge in [0.2, 0.25) is 6.10 Å². The van der Waals surface area contributed by atoms with Gasteiger partial charge >= 0.3 is 11.6 Å². The van der Waals surface area contributed by atoms with Crippen molar-refractivity contribution in [1.29, 1.82) is 0 Å². The summed E-state index contributed by atoms with van der Waals surface area (Å²) in [5, 5.41) is 3.65. The van der Waals surface area contributed by atoms with E-state index in [1.807, 2.05) is 13.0 Å². The Bertz CT molecular complexity index is 1130. The van der Waals surface area contributed by atoms with E-state index in [1.54, 1.807) is 42.5 Å². The highest BCUT2D eigenvalue weighted by Gasteiger charge is 2.30. The summed E-state index contributed by atoms with van der Waals surface area (Å²) in [5.41, 5.74) is 1.30. The molecule has 7 nitrogen and oxygen atoms in total. The average Bonchev–Trinajstić information content (AvgIpc) is 3.54. The van der Waals surface area contributed by atoms with E-state index in [4.69, 9.17) is 13.9 Å². The number of aryl methyl sites for hydroxylation is 1. The normalized spacial score (nSPS) is 14.2. The number of carbonyl (C=O) groups is 2. The van der Waals surface area contributed by atoms with Crippen LogP contribution in [0, 0.1) is 6.92 Å². The zero-order valence-corrected chi connectivity index (χ0v) is 16.4. The van der Waals surface area contributed by atoms with Crippen LogP contribution in [-0.4, -0.2) is 24.5 Å². The highest BCUT2D eigenvalue weighted by atomic mass is 16.6. The topological polar surface area (TPSA) is 94.8 Å². The summed E-state index contributed by atoms with van der Waals surface area (Å²) in [4.78, 5) is 36.5. The van der Waals surface area contributed by atoms with Crippen molar-refractivity contribution in [3.05, 3.63) is 76.1 Å². The maximum atomic E-state index is 12.5. The van der Waals surface area contributed by atoms with E-state index >= 15 is 0 Å². The fourth-order valence-electron chi connectivity index (χ4n) is 3.11. The van der Waals surface area contributed by atoms with Gasteiger partial charge in [-0.15, -0.1) is 0 Å². The van der Waals surface area contributed by atoms with Gasteiger partial charge in [-0.25, -0.2) is 9.59 Å². The van der Waals surface area contributed by atoms with Gasteiger partial charge in [0.15, 0.2) is 6.61 Å². The molecule has 2 aromatic carbocycles. The molecule has 1 aliphatic rings. The van der Waals surface area contributed by atoms with Gasteiger partial charge in [0.05, 0.1) is 0 Å². The summed E-state index contributed by atoms with van der Waals surface area (Å²) in [6.07, 6.45) is 0.823. The van der Waals surface area contributed by atoms with Gasteiger partial charge < -0.3 is 19.2 Å². The van der Waals surface area contributed by atoms with Crippen LogP contribution in [0.3, 0.4) is 0 Å². The number of nitrogens with one attached hydrogen (secondary N) is 1. The van der Waals surface area contributed by atoms with E-state index in [-0.39, 0.29) is 18.6 Å². The maximum Gasteiger partial charge on any atom is 0.345 e. The van der Waals surface area contributed by atoms with Crippen LogP contribution >= 0.6 is 0 Å². The lowest BCUT2D eigenvalue weighted by molar-refractivity contribution is -0.158. The first kappa shape index (κ1) is 19.7. The van der Waals surface area contributed by atoms with Crippen molar-refractivity contribution in [3.63, 3.8) is 0 Å². The van der Waals surface area contributed by atoms with Crippen molar-refractivity contribution < 1.29 is 23.5 Å². The Morgan fingerprint density at radius 3 is 2.63 bits per heavy atom. The first-order valence-corrected chi connectivity index (χ1v) is 9.72. The third-order valence-corrected chi connectivity index (χ3v) is 4.79. The Balaban J connectivity index is 1.43. The molecule has 4 rings (SSSR count). The van der Waals surface area contributed by atoms with Crippen LogP contribution in [0.25, 0.3) is 11.0 Å². The molecule has 1 heterocycles. The smallest absolute Gasteiger partial charge is 0.345 e. The van der Waals surface area contributed by atoms with E-state index in [0.717, 1.165) is 23.8 Å². The third-order valence-electron chi connectivity index (χ3n) is 4.79. The average molecular weight is 407 g/mol. The Morgan fingerprint density at radius 1 is 1.13 bits per heavy atom. The molecule has 1 amide bonds. The first-order valence-electron chi connectivity index (χ1n) is 9.72. The summed E-state index contributed by atoms with van der Waals surface area (Å²) >= 11 is 0. The molecule has 1 atom stereocenters. The van der Waals surface area contributed by atoms with Gasteiger partial charge in [-0.2, -0.15) is 0 Å². The minimum absolute atomic E-state index is 0.148. The van der Waals surface area contributed by atoms with Gasteiger partial charge in [0.1, 0.15) is 11.3 Å². The number of hydrogen-bond donors (Lipinski definition) is 1. The van der Waals surface area contributed by atoms with Gasteiger partial charge in [-0.05, 0) is 37.5 Å². The quantitative estimate of drug-likeness (QED) is 0.478. The minimum Gasteiger partial charge on any atom is -0.482 e. The fraction of sp³-hybridized carbons (Fsp3) is 0.261. The van der Waals surface area contributed by atoms with Crippen LogP contribution in [0.1, 0.15) is 30.1 Å². The van der Waals surface area contributed by atoms with Crippen LogP contribution in [0.15, 0.2) is 63.8 Å². The second-order valence-corrected chi connectivity index (χ2v) is 7.26. The molecule has 1 saturated carbocycles. The molecule has 1 aliphatic carbocycles. The number of rotatable bonds is 7. The number of hydrogen-bond acceptors (Lipinski definition) is 6. The van der Waals surface area contributed by atoms with Crippen LogP contribution < -0.4 is 15.7 Å². The van der Waals surface area contributed by atoms with E-state index in [9.17, 15) is 14.4 Å². The van der Waals surface area contributed by atoms with Crippen molar-refractivity contribution in [2.24, 2.45) is 0 Å². The van der Waals surface area contributed by atoms with Crippen LogP contribution in [0.2, 0.25) is 0 Å². The zero-order valence-electron chi connectivity index (χ0n) is 16.4. The predicted octanol–water partition coefficient (Wildman–Crippen LogP) is 3.04. The number of carbonyl (C=O) groups excluding carboxylic acids is 2. The molecular formula is C23H21NO6. The summed E-state index contributed by atoms with van der Waals surface area (Å²) in [6.45, 7) is 1.43. The Kier molecular flexibility index (Phi) is 5.52. The molecule has 30 heavy (non-hydrogen) atoms. The van der Waals surface area contributed by atoms with Gasteiger partial charge in [0.25, 0.3) is 5.91 Å². The van der Waals surface area contributed by atoms with Gasteiger partial charge in [-0.1, -0.05) is 30.3 Å². The van der Waals surface area contributed by atoms with E-state index in [0.29, 0.717) is 16.9 Å². The lowest BCUT2D eigenvalue weighted by Gasteiger charge is -2.18. The molecule has 0 spiro atoms. The second-order valence-electron chi connectivity index (χ2n) is 7.26. The van der Waals surface area contributed by atoms with Crippen LogP contribution in [-0.2, 0) is 14.3 Å². The molecule has 0 aliphatic heterocycles. The Labute approximate surface area is 172 Å². The third kappa shape index (κ3) is 4.68. The molecule has 3 aromatic rings. The highest BCUT2D eigenvalue weighted by Crippen LogP contribution is 2.24. The Morgan fingerprint density at radius 2 is 1.90 bits per heavy atom. The molecule has 0 bridgehead atoms. The number of amides is 1. The molecule has 7 heteroatoms. The number of benzene rings is 2. The first-order chi connectivity index (χ1) is 14.5. The fourth-order valence-corrected chi connectivity index (χ4v) is 3.11. The standard InChI is InChI=1S/C23H21NO6/c1-14-11-20(25)29-19-12-17(9-10-18(14)19)28-13-21(26)30-22(15-5-3-2-4-6-15)23(27)24-16-7-8-16/h2-6,9-12,16,22H,7-8,13H2,1H3,(H,24,27)/t22-/m1/s1. The highest BCUT2D eigenvalue weighted by molar-refractivity contribution is 5.86. The van der Waals surface area contributed by atoms with E-state index in [2.05, 4.69) is 5.32 Å². The van der Waals surface area contributed by atoms with Gasteiger partial charge in [0, 0.05) is 29.1 Å². The van der Waals surface area contributed by atoms with Crippen molar-refractivity contribution in [1.82, 2.24) is 5.32 Å². The van der Waals surface area contributed by atoms with Crippen molar-refractivity contribution in [3.8, 4) is 5.75 Å². The molecule has 0 radical (unpaired) electrons. The zero-order chi connectivity index (χ0) is 21.1. The maximum absolute atomic E-state index is 12.5. The summed E-state index contributed by atoms with van der Waals surface area (Å²) in [7, 11) is 0. The minimum atomic E-state index is -1.04. The summed E-state index contributed by atoms with van der Waals surface area (Å²) < 4.78 is 16.1. The van der Waals surface area contributed by atoms with E-state index < -0.39 is 17.7 Å².